The fraction of sp³-hybridized carbons (Fsp3) is 0.304. The minimum absolute atomic E-state index is 0.0308. The Hall–Kier alpha value is -2.59. The molecule has 4 rings (SSSR count). The molecular weight excluding hydrogens is 372 g/mol. The summed E-state index contributed by atoms with van der Waals surface area (Å²) in [5.74, 6) is 0.595. The first-order chi connectivity index (χ1) is 13.5. The zero-order chi connectivity index (χ0) is 19.7. The zero-order valence-electron chi connectivity index (χ0n) is 15.8. The predicted octanol–water partition coefficient (Wildman–Crippen LogP) is 5.27. The number of hydrogen-bond donors (Lipinski definition) is 2. The quantitative estimate of drug-likeness (QED) is 0.635. The molecule has 2 N–H and O–H groups in total. The number of rotatable bonds is 3. The van der Waals surface area contributed by atoms with Crippen LogP contribution in [0, 0.1) is 5.92 Å². The van der Waals surface area contributed by atoms with E-state index >= 15 is 0 Å². The molecule has 0 aliphatic heterocycles. The van der Waals surface area contributed by atoms with Crippen LogP contribution in [0.3, 0.4) is 0 Å². The maximum atomic E-state index is 13.5. The smallest absolute Gasteiger partial charge is 0.255 e. The summed E-state index contributed by atoms with van der Waals surface area (Å²) < 4.78 is 0. The molecule has 0 atom stereocenters. The lowest BCUT2D eigenvalue weighted by Gasteiger charge is -2.38. The molecule has 3 aromatic rings. The number of fused-ring (bicyclic) bond motifs is 1. The van der Waals surface area contributed by atoms with Crippen LogP contribution in [-0.4, -0.2) is 10.9 Å². The van der Waals surface area contributed by atoms with Crippen molar-refractivity contribution in [2.75, 3.05) is 5.32 Å². The first-order valence-electron chi connectivity index (χ1n) is 9.67. The van der Waals surface area contributed by atoms with Gasteiger partial charge in [-0.2, -0.15) is 0 Å². The van der Waals surface area contributed by atoms with E-state index in [1.54, 1.807) is 24.4 Å². The van der Waals surface area contributed by atoms with E-state index < -0.39 is 5.41 Å². The summed E-state index contributed by atoms with van der Waals surface area (Å²) in [6.07, 6.45) is 5.26. The summed E-state index contributed by atoms with van der Waals surface area (Å²) in [5.41, 5.74) is 0.839. The fourth-order valence-corrected chi connectivity index (χ4v) is 4.42. The van der Waals surface area contributed by atoms with Gasteiger partial charge in [-0.1, -0.05) is 48.9 Å². The normalized spacial score (nSPS) is 22.1. The highest BCUT2D eigenvalue weighted by Gasteiger charge is 2.42. The average Bonchev–Trinajstić information content (AvgIpc) is 2.71. The second kappa shape index (κ2) is 7.44. The number of aromatic amines is 1. The molecule has 0 radical (unpaired) electrons. The molecule has 0 saturated heterocycles. The van der Waals surface area contributed by atoms with Crippen molar-refractivity contribution in [3.8, 4) is 0 Å². The molecule has 0 bridgehead atoms. The van der Waals surface area contributed by atoms with E-state index in [4.69, 9.17) is 11.6 Å². The molecule has 5 heteroatoms. The topological polar surface area (TPSA) is 62.0 Å². The highest BCUT2D eigenvalue weighted by molar-refractivity contribution is 6.34. The van der Waals surface area contributed by atoms with Crippen molar-refractivity contribution in [3.63, 3.8) is 0 Å². The monoisotopic (exact) mass is 394 g/mol. The van der Waals surface area contributed by atoms with Gasteiger partial charge in [0.25, 0.3) is 5.56 Å². The average molecular weight is 395 g/mol. The summed E-state index contributed by atoms with van der Waals surface area (Å²) in [6, 6.07) is 15.2. The number of hydrogen-bond acceptors (Lipinski definition) is 2. The number of benzene rings is 2. The Morgan fingerprint density at radius 1 is 1.14 bits per heavy atom. The number of amides is 1. The van der Waals surface area contributed by atoms with E-state index in [-0.39, 0.29) is 11.5 Å². The summed E-state index contributed by atoms with van der Waals surface area (Å²) >= 11 is 6.41. The van der Waals surface area contributed by atoms with E-state index in [0.29, 0.717) is 22.0 Å². The molecule has 2 aromatic carbocycles. The van der Waals surface area contributed by atoms with Crippen molar-refractivity contribution < 1.29 is 4.79 Å². The molecule has 1 saturated carbocycles. The highest BCUT2D eigenvalue weighted by atomic mass is 35.5. The molecule has 1 amide bonds. The van der Waals surface area contributed by atoms with Crippen LogP contribution in [0.4, 0.5) is 5.69 Å². The number of carbonyl (C=O) groups excluding carboxylic acids is 1. The molecular formula is C23H23ClN2O2. The van der Waals surface area contributed by atoms with Gasteiger partial charge in [-0.05, 0) is 60.7 Å². The first kappa shape index (κ1) is 18.8. The van der Waals surface area contributed by atoms with Gasteiger partial charge in [-0.25, -0.2) is 0 Å². The van der Waals surface area contributed by atoms with Gasteiger partial charge >= 0.3 is 0 Å². The lowest BCUT2D eigenvalue weighted by atomic mass is 9.66. The third-order valence-corrected chi connectivity index (χ3v) is 6.31. The van der Waals surface area contributed by atoms with Gasteiger partial charge < -0.3 is 10.3 Å². The molecule has 1 aliphatic carbocycles. The maximum Gasteiger partial charge on any atom is 0.255 e. The third-order valence-electron chi connectivity index (χ3n) is 6.00. The van der Waals surface area contributed by atoms with Crippen LogP contribution in [0.2, 0.25) is 5.02 Å². The Labute approximate surface area is 168 Å². The number of H-pyrrole nitrogens is 1. The molecule has 28 heavy (non-hydrogen) atoms. The number of aromatic nitrogens is 1. The molecule has 1 aliphatic rings. The number of nitrogens with one attached hydrogen (secondary N) is 2. The maximum absolute atomic E-state index is 13.5. The molecule has 144 valence electrons. The Morgan fingerprint density at radius 2 is 1.86 bits per heavy atom. The van der Waals surface area contributed by atoms with Gasteiger partial charge in [-0.3, -0.25) is 9.59 Å². The summed E-state index contributed by atoms with van der Waals surface area (Å²) in [6.45, 7) is 2.24. The summed E-state index contributed by atoms with van der Waals surface area (Å²) in [5, 5.41) is 4.68. The van der Waals surface area contributed by atoms with Crippen molar-refractivity contribution in [1.82, 2.24) is 4.98 Å². The lowest BCUT2D eigenvalue weighted by Crippen LogP contribution is -2.43. The van der Waals surface area contributed by atoms with Gasteiger partial charge in [0.05, 0.1) is 16.1 Å². The van der Waals surface area contributed by atoms with Crippen molar-refractivity contribution in [3.05, 3.63) is 75.7 Å². The van der Waals surface area contributed by atoms with Crippen molar-refractivity contribution in [2.24, 2.45) is 5.92 Å². The standard InChI is InChI=1S/C23H23ClN2O2/c1-15-7-10-23(11-8-15,17-5-3-2-4-6-17)22(28)26-20-13-16-9-12-25-21(27)18(16)14-19(20)24/h2-6,9,12-15H,7-8,10-11H2,1H3,(H,25,27)(H,26,28). The Balaban J connectivity index is 1.72. The first-order valence-corrected chi connectivity index (χ1v) is 10.1. The molecule has 0 unspecified atom stereocenters. The van der Waals surface area contributed by atoms with Crippen LogP contribution in [0.25, 0.3) is 10.8 Å². The van der Waals surface area contributed by atoms with Crippen LogP contribution in [-0.2, 0) is 10.2 Å². The van der Waals surface area contributed by atoms with Crippen LogP contribution in [0.5, 0.6) is 0 Å². The number of pyridine rings is 1. The van der Waals surface area contributed by atoms with Gasteiger partial charge in [0, 0.05) is 11.6 Å². The van der Waals surface area contributed by atoms with Crippen LogP contribution in [0.1, 0.15) is 38.2 Å². The van der Waals surface area contributed by atoms with Crippen molar-refractivity contribution >= 4 is 34.0 Å². The van der Waals surface area contributed by atoms with Gasteiger partial charge in [0.15, 0.2) is 0 Å². The summed E-state index contributed by atoms with van der Waals surface area (Å²) in [7, 11) is 0. The van der Waals surface area contributed by atoms with E-state index in [1.165, 1.54) is 0 Å². The third kappa shape index (κ3) is 3.33. The minimum atomic E-state index is -0.555. The molecule has 0 spiro atoms. The minimum Gasteiger partial charge on any atom is -0.329 e. The van der Waals surface area contributed by atoms with Gasteiger partial charge in [0.2, 0.25) is 5.91 Å². The lowest BCUT2D eigenvalue weighted by molar-refractivity contribution is -0.123. The largest absolute Gasteiger partial charge is 0.329 e. The molecule has 4 nitrogen and oxygen atoms in total. The van der Waals surface area contributed by atoms with Crippen molar-refractivity contribution in [2.45, 2.75) is 38.0 Å². The second-order valence-corrected chi connectivity index (χ2v) is 8.22. The Kier molecular flexibility index (Phi) is 4.98. The van der Waals surface area contributed by atoms with E-state index in [2.05, 4.69) is 17.2 Å². The van der Waals surface area contributed by atoms with Gasteiger partial charge in [0.1, 0.15) is 0 Å². The summed E-state index contributed by atoms with van der Waals surface area (Å²) in [4.78, 5) is 28.1. The number of carbonyl (C=O) groups is 1. The second-order valence-electron chi connectivity index (χ2n) is 7.81. The molecule has 1 aromatic heterocycles. The van der Waals surface area contributed by atoms with Crippen molar-refractivity contribution in [1.29, 1.82) is 0 Å². The Morgan fingerprint density at radius 3 is 2.57 bits per heavy atom. The predicted molar refractivity (Wildman–Crippen MR) is 114 cm³/mol. The van der Waals surface area contributed by atoms with Gasteiger partial charge in [-0.15, -0.1) is 0 Å². The highest BCUT2D eigenvalue weighted by Crippen LogP contribution is 2.43. The van der Waals surface area contributed by atoms with E-state index in [9.17, 15) is 9.59 Å². The van der Waals surface area contributed by atoms with Crippen LogP contribution < -0.4 is 10.9 Å². The Bertz CT molecular complexity index is 1070. The molecule has 1 heterocycles. The van der Waals surface area contributed by atoms with Crippen LogP contribution in [0.15, 0.2) is 59.5 Å². The number of halogens is 1. The zero-order valence-corrected chi connectivity index (χ0v) is 16.6. The molecule has 1 fully saturated rings. The fourth-order valence-electron chi connectivity index (χ4n) is 4.21. The van der Waals surface area contributed by atoms with E-state index in [1.807, 2.05) is 30.3 Å². The SMILES string of the molecule is CC1CCC(C(=O)Nc2cc3cc[nH]c(=O)c3cc2Cl)(c2ccccc2)CC1. The number of anilines is 1. The van der Waals surface area contributed by atoms with Crippen LogP contribution >= 0.6 is 11.6 Å². The van der Waals surface area contributed by atoms with E-state index in [0.717, 1.165) is 36.6 Å².